The second kappa shape index (κ2) is 7.48. The molecule has 110 valence electrons. The number of carbonyl (C=O) groups is 2. The number of hydrogen-bond donors (Lipinski definition) is 1. The van der Waals surface area contributed by atoms with E-state index in [9.17, 15) is 14.7 Å². The Balaban J connectivity index is 2.73. The largest absolute Gasteiger partial charge is 0.481 e. The van der Waals surface area contributed by atoms with Crippen LogP contribution in [0, 0.1) is 11.3 Å². The molecule has 0 spiro atoms. The van der Waals surface area contributed by atoms with E-state index in [2.05, 4.69) is 0 Å². The molecule has 0 radical (unpaired) electrons. The molecule has 0 heterocycles. The monoisotopic (exact) mass is 272 g/mol. The van der Waals surface area contributed by atoms with Gasteiger partial charge < -0.3 is 14.6 Å². The molecule has 1 aliphatic carbocycles. The van der Waals surface area contributed by atoms with E-state index in [4.69, 9.17) is 9.47 Å². The van der Waals surface area contributed by atoms with E-state index >= 15 is 0 Å². The number of methoxy groups -OCH3 is 1. The fraction of sp³-hybridized carbons (Fsp3) is 0.857. The zero-order valence-electron chi connectivity index (χ0n) is 11.8. The van der Waals surface area contributed by atoms with Crippen molar-refractivity contribution < 1.29 is 24.2 Å². The molecule has 0 aromatic carbocycles. The van der Waals surface area contributed by atoms with E-state index in [1.807, 2.05) is 0 Å². The van der Waals surface area contributed by atoms with E-state index in [0.717, 1.165) is 12.8 Å². The molecule has 0 aromatic rings. The van der Waals surface area contributed by atoms with Gasteiger partial charge in [-0.1, -0.05) is 12.8 Å². The summed E-state index contributed by atoms with van der Waals surface area (Å²) in [7, 11) is 1.57. The number of aliphatic carboxylic acids is 1. The molecule has 19 heavy (non-hydrogen) atoms. The van der Waals surface area contributed by atoms with Gasteiger partial charge in [-0.15, -0.1) is 0 Å². The summed E-state index contributed by atoms with van der Waals surface area (Å²) in [5, 5.41) is 9.47. The van der Waals surface area contributed by atoms with Crippen LogP contribution in [-0.2, 0) is 19.1 Å². The number of carbonyl (C=O) groups excluding carboxylic acids is 1. The summed E-state index contributed by atoms with van der Waals surface area (Å²) in [6, 6.07) is 0. The lowest BCUT2D eigenvalue weighted by atomic mass is 9.77. The van der Waals surface area contributed by atoms with Crippen LogP contribution in [0.4, 0.5) is 0 Å². The van der Waals surface area contributed by atoms with Crippen LogP contribution in [0.3, 0.4) is 0 Å². The predicted octanol–water partition coefficient (Wildman–Crippen LogP) is 2.24. The van der Waals surface area contributed by atoms with E-state index in [0.29, 0.717) is 38.9 Å². The zero-order valence-corrected chi connectivity index (χ0v) is 11.8. The van der Waals surface area contributed by atoms with Crippen molar-refractivity contribution in [2.24, 2.45) is 11.3 Å². The zero-order chi connectivity index (χ0) is 14.3. The van der Waals surface area contributed by atoms with E-state index in [1.54, 1.807) is 14.0 Å². The van der Waals surface area contributed by atoms with Crippen LogP contribution in [0.2, 0.25) is 0 Å². The summed E-state index contributed by atoms with van der Waals surface area (Å²) >= 11 is 0. The van der Waals surface area contributed by atoms with Crippen molar-refractivity contribution in [1.82, 2.24) is 0 Å². The highest BCUT2D eigenvalue weighted by Gasteiger charge is 2.44. The average Bonchev–Trinajstić information content (AvgIpc) is 2.84. The Morgan fingerprint density at radius 3 is 2.42 bits per heavy atom. The van der Waals surface area contributed by atoms with Crippen molar-refractivity contribution in [3.05, 3.63) is 0 Å². The van der Waals surface area contributed by atoms with Crippen LogP contribution >= 0.6 is 0 Å². The second-order valence-electron chi connectivity index (χ2n) is 5.23. The number of rotatable bonds is 8. The molecule has 1 rings (SSSR count). The lowest BCUT2D eigenvalue weighted by Crippen LogP contribution is -2.34. The van der Waals surface area contributed by atoms with Crippen LogP contribution in [0.5, 0.6) is 0 Å². The van der Waals surface area contributed by atoms with Gasteiger partial charge >= 0.3 is 11.9 Å². The number of hydrogen-bond acceptors (Lipinski definition) is 4. The van der Waals surface area contributed by atoms with Gasteiger partial charge in [-0.2, -0.15) is 0 Å². The molecule has 1 fully saturated rings. The van der Waals surface area contributed by atoms with Crippen LogP contribution < -0.4 is 0 Å². The average molecular weight is 272 g/mol. The Hall–Kier alpha value is -1.10. The molecule has 0 saturated heterocycles. The topological polar surface area (TPSA) is 72.8 Å². The van der Waals surface area contributed by atoms with Gasteiger partial charge in [-0.25, -0.2) is 0 Å². The first kappa shape index (κ1) is 16.0. The van der Waals surface area contributed by atoms with Gasteiger partial charge in [0.2, 0.25) is 0 Å². The molecule has 5 nitrogen and oxygen atoms in total. The van der Waals surface area contributed by atoms with Gasteiger partial charge in [0.1, 0.15) is 0 Å². The van der Waals surface area contributed by atoms with E-state index < -0.39 is 11.4 Å². The summed E-state index contributed by atoms with van der Waals surface area (Å²) in [6.07, 6.45) is 4.05. The van der Waals surface area contributed by atoms with Crippen LogP contribution in [0.1, 0.15) is 45.4 Å². The molecule has 5 heteroatoms. The first-order valence-corrected chi connectivity index (χ1v) is 6.94. The Morgan fingerprint density at radius 1 is 1.32 bits per heavy atom. The highest BCUT2D eigenvalue weighted by atomic mass is 16.5. The van der Waals surface area contributed by atoms with Crippen molar-refractivity contribution >= 4 is 11.9 Å². The second-order valence-corrected chi connectivity index (χ2v) is 5.23. The van der Waals surface area contributed by atoms with Crippen molar-refractivity contribution in [2.45, 2.75) is 45.4 Å². The lowest BCUT2D eigenvalue weighted by molar-refractivity contribution is -0.155. The first-order chi connectivity index (χ1) is 9.05. The molecular weight excluding hydrogens is 248 g/mol. The number of carboxylic acid groups (broad SMARTS) is 1. The quantitative estimate of drug-likeness (QED) is 0.686. The molecule has 1 aliphatic rings. The van der Waals surface area contributed by atoms with Crippen LogP contribution in [0.25, 0.3) is 0 Å². The smallest absolute Gasteiger partial charge is 0.309 e. The summed E-state index contributed by atoms with van der Waals surface area (Å²) in [5.74, 6) is -1.46. The standard InChI is InChI=1S/C14H24O5/c1-3-19-12(15)11(6-9-18-2)10-14(13(16)17)7-4-5-8-14/h11H,3-10H2,1-2H3,(H,16,17). The first-order valence-electron chi connectivity index (χ1n) is 6.94. The van der Waals surface area contributed by atoms with Crippen molar-refractivity contribution in [3.8, 4) is 0 Å². The molecule has 1 saturated carbocycles. The Kier molecular flexibility index (Phi) is 6.28. The molecule has 0 aromatic heterocycles. The fourth-order valence-corrected chi connectivity index (χ4v) is 2.85. The number of carboxylic acids is 1. The Bertz CT molecular complexity index is 307. The third-order valence-corrected chi connectivity index (χ3v) is 3.94. The lowest BCUT2D eigenvalue weighted by Gasteiger charge is -2.28. The summed E-state index contributed by atoms with van der Waals surface area (Å²) in [5.41, 5.74) is -0.745. The molecule has 0 amide bonds. The molecule has 0 aliphatic heterocycles. The molecule has 1 unspecified atom stereocenters. The Labute approximate surface area is 114 Å². The third-order valence-electron chi connectivity index (χ3n) is 3.94. The fourth-order valence-electron chi connectivity index (χ4n) is 2.85. The van der Waals surface area contributed by atoms with E-state index in [-0.39, 0.29) is 11.9 Å². The highest BCUT2D eigenvalue weighted by Crippen LogP contribution is 2.44. The van der Waals surface area contributed by atoms with Crippen LogP contribution in [-0.4, -0.2) is 37.4 Å². The minimum atomic E-state index is -0.781. The van der Waals surface area contributed by atoms with Crippen molar-refractivity contribution in [2.75, 3.05) is 20.3 Å². The number of esters is 1. The summed E-state index contributed by atoms with van der Waals surface area (Å²) in [4.78, 5) is 23.5. The molecule has 1 N–H and O–H groups in total. The van der Waals surface area contributed by atoms with Gasteiger partial charge in [-0.05, 0) is 32.6 Å². The van der Waals surface area contributed by atoms with E-state index in [1.165, 1.54) is 0 Å². The van der Waals surface area contributed by atoms with Gasteiger partial charge in [0.15, 0.2) is 0 Å². The molecular formula is C14H24O5. The molecule has 0 bridgehead atoms. The van der Waals surface area contributed by atoms with Gasteiger partial charge in [0.05, 0.1) is 17.9 Å². The minimum Gasteiger partial charge on any atom is -0.481 e. The highest BCUT2D eigenvalue weighted by molar-refractivity contribution is 5.78. The van der Waals surface area contributed by atoms with Crippen LogP contribution in [0.15, 0.2) is 0 Å². The maximum absolute atomic E-state index is 11.9. The summed E-state index contributed by atoms with van der Waals surface area (Å²) in [6.45, 7) is 2.52. The normalized spacial score (nSPS) is 19.1. The Morgan fingerprint density at radius 2 is 1.95 bits per heavy atom. The molecule has 1 atom stereocenters. The van der Waals surface area contributed by atoms with Gasteiger partial charge in [0.25, 0.3) is 0 Å². The predicted molar refractivity (Wildman–Crippen MR) is 69.8 cm³/mol. The maximum Gasteiger partial charge on any atom is 0.309 e. The maximum atomic E-state index is 11.9. The van der Waals surface area contributed by atoms with Gasteiger partial charge in [0, 0.05) is 13.7 Å². The van der Waals surface area contributed by atoms with Gasteiger partial charge in [-0.3, -0.25) is 9.59 Å². The SMILES string of the molecule is CCOC(=O)C(CCOC)CC1(C(=O)O)CCCC1. The minimum absolute atomic E-state index is 0.299. The third kappa shape index (κ3) is 4.20. The number of ether oxygens (including phenoxy) is 2. The summed E-state index contributed by atoms with van der Waals surface area (Å²) < 4.78 is 10.1. The van der Waals surface area contributed by atoms with Crippen molar-refractivity contribution in [1.29, 1.82) is 0 Å². The van der Waals surface area contributed by atoms with Crippen molar-refractivity contribution in [3.63, 3.8) is 0 Å².